The van der Waals surface area contributed by atoms with Crippen LogP contribution in [0.25, 0.3) is 22.2 Å². The number of nitrogens with zero attached hydrogens (tertiary/aromatic N) is 4. The Balaban J connectivity index is 1.08. The molecule has 5 aliphatic rings. The first-order valence-corrected chi connectivity index (χ1v) is 23.0. The van der Waals surface area contributed by atoms with Crippen LogP contribution in [0.2, 0.25) is 0 Å². The molecule has 0 radical (unpaired) electrons. The lowest BCUT2D eigenvalue weighted by Crippen LogP contribution is -2.54. The first-order chi connectivity index (χ1) is 29.4. The van der Waals surface area contributed by atoms with Gasteiger partial charge in [-0.05, 0) is 70.0 Å². The number of hydrogen-bond acceptors (Lipinski definition) is 17. The molecule has 4 aromatic rings. The summed E-state index contributed by atoms with van der Waals surface area (Å²) in [7, 11) is 5.03. The molecule has 0 saturated carbocycles. The van der Waals surface area contributed by atoms with Gasteiger partial charge < -0.3 is 50.5 Å². The number of fused-ring (bicyclic) bond motifs is 9. The number of epoxide rings is 1. The van der Waals surface area contributed by atoms with Crippen molar-refractivity contribution in [1.29, 1.82) is 0 Å². The molecule has 3 aromatic heterocycles. The number of rotatable bonds is 7. The van der Waals surface area contributed by atoms with Crippen LogP contribution in [0.3, 0.4) is 0 Å². The van der Waals surface area contributed by atoms with Gasteiger partial charge in [0.25, 0.3) is 0 Å². The van der Waals surface area contributed by atoms with Gasteiger partial charge in [0.05, 0.1) is 29.7 Å². The van der Waals surface area contributed by atoms with Crippen molar-refractivity contribution in [1.82, 2.24) is 20.2 Å². The second-order valence-corrected chi connectivity index (χ2v) is 19.1. The molecule has 1 fully saturated rings. The van der Waals surface area contributed by atoms with Crippen LogP contribution in [0.4, 0.5) is 11.6 Å². The lowest BCUT2D eigenvalue weighted by molar-refractivity contribution is -0.171. The van der Waals surface area contributed by atoms with Crippen molar-refractivity contribution in [2.45, 2.75) is 81.7 Å². The first kappa shape index (κ1) is 41.3. The van der Waals surface area contributed by atoms with Gasteiger partial charge in [-0.2, -0.15) is 0 Å². The van der Waals surface area contributed by atoms with Crippen LogP contribution in [0.1, 0.15) is 54.3 Å². The van der Waals surface area contributed by atoms with Crippen LogP contribution in [0.5, 0.6) is 11.5 Å². The fourth-order valence-electron chi connectivity index (χ4n) is 9.17. The van der Waals surface area contributed by atoms with E-state index in [0.29, 0.717) is 84.7 Å². The van der Waals surface area contributed by atoms with E-state index in [4.69, 9.17) is 40.1 Å². The molecule has 17 heteroatoms. The number of aliphatic imine (C=N–C) groups is 1. The van der Waals surface area contributed by atoms with Gasteiger partial charge in [-0.15, -0.1) is 0 Å². The molecule has 0 amide bonds. The van der Waals surface area contributed by atoms with E-state index in [0.717, 1.165) is 34.6 Å². The summed E-state index contributed by atoms with van der Waals surface area (Å²) in [5.41, 5.74) is 17.3. The minimum Gasteiger partial charge on any atom is -0.507 e. The van der Waals surface area contributed by atoms with E-state index in [-0.39, 0.29) is 35.2 Å². The van der Waals surface area contributed by atoms with Crippen molar-refractivity contribution in [2.75, 3.05) is 44.0 Å². The predicted molar refractivity (Wildman–Crippen MR) is 236 cm³/mol. The second-order valence-electron chi connectivity index (χ2n) is 16.5. The summed E-state index contributed by atoms with van der Waals surface area (Å²) in [6.45, 7) is 5.07. The number of phenolic OH excluding ortho intramolecular Hbond substituents is 1. The van der Waals surface area contributed by atoms with Gasteiger partial charge in [-0.3, -0.25) is 9.79 Å². The standard InChI is InChI=1S/C44H49N7O8S2/c1-23-12-33(53)39-35(56-23)17-34-29(40(39)54)16-37-43(2,58-34)8-11-60-61-22-30-28(15-27(49-41(30)46)20-51-19-25-6-9-48-32(25)21-51)31-13-24(14-38(45)50-31)4-5-36-44(59-36,42(55)57-37)26(7-10-52)18-47-3/h6,9,12-15,17,21,26,36-37,47,52,54H,4-5,7-8,10-11,16,18-20,22H2,1-3H3,(H2,45,50)(H2,46,49). The number of aliphatic hydroxyl groups is 1. The lowest BCUT2D eigenvalue weighted by Gasteiger charge is -2.42. The van der Waals surface area contributed by atoms with E-state index in [1.165, 1.54) is 11.6 Å². The minimum atomic E-state index is -1.36. The normalized spacial score (nSPS) is 25.1. The zero-order chi connectivity index (χ0) is 42.6. The Morgan fingerprint density at radius 2 is 1.95 bits per heavy atom. The Morgan fingerprint density at radius 3 is 2.75 bits per heavy atom. The number of nitrogen functional groups attached to an aromatic ring is 2. The van der Waals surface area contributed by atoms with Crippen LogP contribution in [0, 0.1) is 12.8 Å². The van der Waals surface area contributed by atoms with Crippen LogP contribution in [-0.2, 0) is 39.4 Å². The Labute approximate surface area is 360 Å². The van der Waals surface area contributed by atoms with E-state index in [2.05, 4.69) is 21.3 Å². The number of pyridine rings is 2. The number of esters is 1. The summed E-state index contributed by atoms with van der Waals surface area (Å²) >= 11 is 0. The average Bonchev–Trinajstić information content (AvgIpc) is 3.58. The number of aromatic nitrogens is 2. The van der Waals surface area contributed by atoms with Crippen molar-refractivity contribution in [3.63, 3.8) is 0 Å². The highest BCUT2D eigenvalue weighted by atomic mass is 33.1. The molecule has 0 spiro atoms. The van der Waals surface area contributed by atoms with Crippen molar-refractivity contribution in [2.24, 2.45) is 10.9 Å². The molecule has 5 unspecified atom stereocenters. The molecule has 0 aliphatic carbocycles. The van der Waals surface area contributed by atoms with Crippen LogP contribution < -0.4 is 26.9 Å². The van der Waals surface area contributed by atoms with E-state index in [9.17, 15) is 19.8 Å². The topological polar surface area (TPSA) is 224 Å². The Morgan fingerprint density at radius 1 is 1.10 bits per heavy atom. The molecule has 5 atom stereocenters. The maximum absolute atomic E-state index is 14.8. The number of phenols is 1. The summed E-state index contributed by atoms with van der Waals surface area (Å²) in [6.07, 6.45) is 6.26. The fourth-order valence-corrected chi connectivity index (χ4v) is 11.5. The molecule has 1 aromatic carbocycles. The van der Waals surface area contributed by atoms with Crippen molar-refractivity contribution in [3.8, 4) is 22.8 Å². The minimum absolute atomic E-state index is 0.0400. The first-order valence-electron chi connectivity index (χ1n) is 20.5. The smallest absolute Gasteiger partial charge is 0.341 e. The molecule has 1 saturated heterocycles. The summed E-state index contributed by atoms with van der Waals surface area (Å²) in [5.74, 6) is 1.39. The number of aromatic hydroxyl groups is 1. The number of anilines is 2. The molecule has 61 heavy (non-hydrogen) atoms. The summed E-state index contributed by atoms with van der Waals surface area (Å²) in [6, 6.07) is 8.87. The van der Waals surface area contributed by atoms with Gasteiger partial charge in [0.15, 0.2) is 11.0 Å². The number of ether oxygens (including phenoxy) is 3. The Bertz CT molecular complexity index is 2580. The van der Waals surface area contributed by atoms with Gasteiger partial charge >= 0.3 is 5.97 Å². The number of aliphatic hydroxyl groups excluding tert-OH is 1. The zero-order valence-electron chi connectivity index (χ0n) is 34.2. The summed E-state index contributed by atoms with van der Waals surface area (Å²) in [4.78, 5) is 44.1. The third-order valence-corrected chi connectivity index (χ3v) is 14.7. The van der Waals surface area contributed by atoms with Gasteiger partial charge in [0.1, 0.15) is 51.6 Å². The van der Waals surface area contributed by atoms with Crippen molar-refractivity contribution in [3.05, 3.63) is 92.2 Å². The maximum atomic E-state index is 14.8. The van der Waals surface area contributed by atoms with Crippen molar-refractivity contribution >= 4 is 56.4 Å². The number of carbonyl (C=O) groups is 1. The molecule has 7 N–H and O–H groups in total. The van der Waals surface area contributed by atoms with Gasteiger partial charge in [-0.25, -0.2) is 14.8 Å². The molecule has 9 rings (SSSR count). The molecule has 320 valence electrons. The lowest BCUT2D eigenvalue weighted by atomic mass is 9.83. The third kappa shape index (κ3) is 7.75. The maximum Gasteiger partial charge on any atom is 0.341 e. The highest BCUT2D eigenvalue weighted by Gasteiger charge is 2.68. The Kier molecular flexibility index (Phi) is 11.0. The number of benzene rings is 1. The quantitative estimate of drug-likeness (QED) is 0.0939. The van der Waals surface area contributed by atoms with Gasteiger partial charge in [0.2, 0.25) is 0 Å². The predicted octanol–water partition coefficient (Wildman–Crippen LogP) is 4.98. The molecule has 2 bridgehead atoms. The van der Waals surface area contributed by atoms with Gasteiger partial charge in [-0.1, -0.05) is 21.6 Å². The largest absolute Gasteiger partial charge is 0.507 e. The Hall–Kier alpha value is -5.07. The molecule has 15 nitrogen and oxygen atoms in total. The van der Waals surface area contributed by atoms with E-state index < -0.39 is 35.3 Å². The van der Waals surface area contributed by atoms with Gasteiger partial charge in [0, 0.05) is 96.8 Å². The summed E-state index contributed by atoms with van der Waals surface area (Å²) < 4.78 is 25.6. The van der Waals surface area contributed by atoms with E-state index >= 15 is 0 Å². The number of hydrogen-bond donors (Lipinski definition) is 5. The molecule has 8 heterocycles. The third-order valence-electron chi connectivity index (χ3n) is 12.4. The molecular weight excluding hydrogens is 819 g/mol. The van der Waals surface area contributed by atoms with Crippen LogP contribution >= 0.6 is 21.6 Å². The van der Waals surface area contributed by atoms with E-state index in [1.807, 2.05) is 37.5 Å². The average molecular weight is 868 g/mol. The molecular formula is C44H49N7O8S2. The number of nitrogens with one attached hydrogen (secondary N) is 1. The number of aryl methyl sites for hydroxylation is 2. The number of carbonyl (C=O) groups excluding carboxylic acids is 1. The molecule has 5 aliphatic heterocycles. The summed E-state index contributed by atoms with van der Waals surface area (Å²) in [5, 5.41) is 24.9. The van der Waals surface area contributed by atoms with Crippen LogP contribution in [0.15, 0.2) is 68.1 Å². The highest BCUT2D eigenvalue weighted by molar-refractivity contribution is 8.76. The highest BCUT2D eigenvalue weighted by Crippen LogP contribution is 2.51. The monoisotopic (exact) mass is 867 g/mol. The number of allylic oxidation sites excluding steroid dienone is 1. The number of nitrogens with two attached hydrogens (primary N) is 2. The zero-order valence-corrected chi connectivity index (χ0v) is 35.9. The van der Waals surface area contributed by atoms with Crippen molar-refractivity contribution < 1.29 is 33.6 Å². The fraction of sp³-hybridized carbons (Fsp3) is 0.432. The van der Waals surface area contributed by atoms with Crippen LogP contribution in [-0.4, -0.2) is 93.2 Å². The van der Waals surface area contributed by atoms with E-state index in [1.54, 1.807) is 41.6 Å². The second kappa shape index (κ2) is 16.3. The SMILES string of the molecule is CNCC(CCO)C12OC1CCc1cc(N)nc(c1)-c1cc(CN3C=C4N=CC=C4C3)nc(N)c1CSSCCC1(C)Oc3cc4oc(C)cc(=O)c4c(O)c3CC1OC2=O.